The molecule has 8 nitrogen and oxygen atoms in total. The van der Waals surface area contributed by atoms with Crippen molar-refractivity contribution in [2.75, 3.05) is 20.3 Å². The van der Waals surface area contributed by atoms with Crippen molar-refractivity contribution in [1.29, 1.82) is 0 Å². The van der Waals surface area contributed by atoms with E-state index in [4.69, 9.17) is 9.47 Å². The molecule has 2 amide bonds. The fraction of sp³-hybridized carbons (Fsp3) is 0.444. The summed E-state index contributed by atoms with van der Waals surface area (Å²) >= 11 is 0. The van der Waals surface area contributed by atoms with Gasteiger partial charge >= 0.3 is 12.1 Å². The lowest BCUT2D eigenvalue weighted by Gasteiger charge is -2.40. The molecule has 2 aliphatic carbocycles. The second-order valence-corrected chi connectivity index (χ2v) is 9.52. The van der Waals surface area contributed by atoms with Crippen LogP contribution in [0.25, 0.3) is 11.1 Å². The fourth-order valence-electron chi connectivity index (χ4n) is 5.38. The van der Waals surface area contributed by atoms with Crippen LogP contribution in [0.15, 0.2) is 48.5 Å². The molecule has 0 radical (unpaired) electrons. The predicted octanol–water partition coefficient (Wildman–Crippen LogP) is 3.69. The molecule has 35 heavy (non-hydrogen) atoms. The van der Waals surface area contributed by atoms with E-state index in [1.54, 1.807) is 6.92 Å². The van der Waals surface area contributed by atoms with Crippen LogP contribution >= 0.6 is 0 Å². The van der Waals surface area contributed by atoms with Crippen LogP contribution in [-0.4, -0.2) is 55.0 Å². The molecule has 0 bridgehead atoms. The Morgan fingerprint density at radius 3 is 2.29 bits per heavy atom. The van der Waals surface area contributed by atoms with Gasteiger partial charge in [-0.15, -0.1) is 0 Å². The minimum Gasteiger partial charge on any atom is -0.481 e. The number of methoxy groups -OCH3 is 1. The average molecular weight is 481 g/mol. The standard InChI is InChI=1S/C27H32N2O6/c1-27(14-8-7-13-22(27)25(31)32)29-24(30)23(16-34-2)28-26(33)35-15-21-19-11-5-3-9-17(19)18-10-4-6-12-20(18)21/h3-6,9-12,21-23H,7-8,13-16H2,1-2H3,(H,28,33)(H,29,30)(H,31,32)/t22?,23-,27?/m0/s1. The number of ether oxygens (including phenoxy) is 2. The molecule has 0 saturated heterocycles. The molecule has 3 atom stereocenters. The number of carboxylic acids is 1. The number of carboxylic acid groups (broad SMARTS) is 1. The molecule has 2 aromatic rings. The van der Waals surface area contributed by atoms with Gasteiger partial charge in [0.15, 0.2) is 0 Å². The fourth-order valence-corrected chi connectivity index (χ4v) is 5.38. The Morgan fingerprint density at radius 2 is 1.69 bits per heavy atom. The maximum Gasteiger partial charge on any atom is 0.407 e. The molecule has 8 heteroatoms. The zero-order chi connectivity index (χ0) is 25.0. The number of alkyl carbamates (subject to hydrolysis) is 1. The largest absolute Gasteiger partial charge is 0.481 e. The highest BCUT2D eigenvalue weighted by Crippen LogP contribution is 2.44. The number of nitrogens with one attached hydrogen (secondary N) is 2. The Morgan fingerprint density at radius 1 is 1.06 bits per heavy atom. The summed E-state index contributed by atoms with van der Waals surface area (Å²) in [7, 11) is 1.43. The summed E-state index contributed by atoms with van der Waals surface area (Å²) < 4.78 is 10.7. The van der Waals surface area contributed by atoms with Crippen LogP contribution in [0.5, 0.6) is 0 Å². The summed E-state index contributed by atoms with van der Waals surface area (Å²) in [5, 5.41) is 15.1. The Bertz CT molecular complexity index is 1060. The summed E-state index contributed by atoms with van der Waals surface area (Å²) in [6.45, 7) is 1.81. The molecule has 4 rings (SSSR count). The van der Waals surface area contributed by atoms with Crippen LogP contribution < -0.4 is 10.6 Å². The van der Waals surface area contributed by atoms with Gasteiger partial charge in [-0.25, -0.2) is 4.79 Å². The number of rotatable bonds is 8. The minimum absolute atomic E-state index is 0.0656. The van der Waals surface area contributed by atoms with Crippen LogP contribution in [-0.2, 0) is 19.1 Å². The van der Waals surface area contributed by atoms with Gasteiger partial charge in [-0.05, 0) is 42.0 Å². The molecule has 1 fully saturated rings. The number of benzene rings is 2. The van der Waals surface area contributed by atoms with Crippen molar-refractivity contribution in [1.82, 2.24) is 10.6 Å². The predicted molar refractivity (Wildman–Crippen MR) is 130 cm³/mol. The third kappa shape index (κ3) is 5.17. The molecule has 2 aliphatic rings. The van der Waals surface area contributed by atoms with Gasteiger partial charge in [0.05, 0.1) is 18.1 Å². The van der Waals surface area contributed by atoms with E-state index in [2.05, 4.69) is 22.8 Å². The van der Waals surface area contributed by atoms with Crippen LogP contribution in [0, 0.1) is 5.92 Å². The van der Waals surface area contributed by atoms with Gasteiger partial charge in [0.2, 0.25) is 5.91 Å². The van der Waals surface area contributed by atoms with Crippen molar-refractivity contribution in [2.24, 2.45) is 5.92 Å². The van der Waals surface area contributed by atoms with Gasteiger partial charge < -0.3 is 25.2 Å². The van der Waals surface area contributed by atoms with Crippen LogP contribution in [0.3, 0.4) is 0 Å². The van der Waals surface area contributed by atoms with Crippen molar-refractivity contribution < 1.29 is 29.0 Å². The number of hydrogen-bond donors (Lipinski definition) is 3. The monoisotopic (exact) mass is 480 g/mol. The molecule has 186 valence electrons. The van der Waals surface area contributed by atoms with Crippen LogP contribution in [0.1, 0.15) is 49.7 Å². The Kier molecular flexibility index (Phi) is 7.40. The second-order valence-electron chi connectivity index (χ2n) is 9.52. The van der Waals surface area contributed by atoms with Crippen molar-refractivity contribution in [3.05, 3.63) is 59.7 Å². The Labute approximate surface area is 205 Å². The lowest BCUT2D eigenvalue weighted by Crippen LogP contribution is -2.60. The number of carbonyl (C=O) groups is 3. The molecule has 3 N–H and O–H groups in total. The van der Waals surface area contributed by atoms with Crippen molar-refractivity contribution in [2.45, 2.75) is 50.1 Å². The SMILES string of the molecule is COC[C@H](NC(=O)OCC1c2ccccc2-c2ccccc21)C(=O)NC1(C)CCCCC1C(=O)O. The van der Waals surface area contributed by atoms with Gasteiger partial charge in [0.1, 0.15) is 12.6 Å². The highest BCUT2D eigenvalue weighted by Gasteiger charge is 2.43. The molecule has 0 heterocycles. The van der Waals surface area contributed by atoms with Crippen molar-refractivity contribution in [3.8, 4) is 11.1 Å². The van der Waals surface area contributed by atoms with Gasteiger partial charge in [0, 0.05) is 13.0 Å². The molecule has 2 aromatic carbocycles. The first-order chi connectivity index (χ1) is 16.8. The van der Waals surface area contributed by atoms with Crippen LogP contribution in [0.2, 0.25) is 0 Å². The first-order valence-corrected chi connectivity index (χ1v) is 12.0. The van der Waals surface area contributed by atoms with E-state index in [1.807, 2.05) is 36.4 Å². The lowest BCUT2D eigenvalue weighted by atomic mass is 9.73. The molecule has 0 aromatic heterocycles. The zero-order valence-corrected chi connectivity index (χ0v) is 20.1. The smallest absolute Gasteiger partial charge is 0.407 e. The van der Waals surface area contributed by atoms with E-state index < -0.39 is 35.5 Å². The average Bonchev–Trinajstić information content (AvgIpc) is 3.16. The third-order valence-electron chi connectivity index (χ3n) is 7.20. The zero-order valence-electron chi connectivity index (χ0n) is 20.1. The highest BCUT2D eigenvalue weighted by atomic mass is 16.5. The van der Waals surface area contributed by atoms with Crippen LogP contribution in [0.4, 0.5) is 4.79 Å². The van der Waals surface area contributed by atoms with Gasteiger partial charge in [0.25, 0.3) is 0 Å². The first-order valence-electron chi connectivity index (χ1n) is 12.0. The number of amides is 2. The lowest BCUT2D eigenvalue weighted by molar-refractivity contribution is -0.147. The normalized spacial score (nSPS) is 21.9. The third-order valence-corrected chi connectivity index (χ3v) is 7.20. The number of carbonyl (C=O) groups excluding carboxylic acids is 2. The first kappa shape index (κ1) is 24.7. The van der Waals surface area contributed by atoms with E-state index in [1.165, 1.54) is 7.11 Å². The second kappa shape index (κ2) is 10.5. The topological polar surface area (TPSA) is 114 Å². The summed E-state index contributed by atoms with van der Waals surface area (Å²) in [5.41, 5.74) is 3.55. The molecule has 0 spiro atoms. The van der Waals surface area contributed by atoms with Gasteiger partial charge in [-0.3, -0.25) is 9.59 Å². The number of aliphatic carboxylic acids is 1. The molecule has 2 unspecified atom stereocenters. The minimum atomic E-state index is -1.01. The maximum absolute atomic E-state index is 13.0. The van der Waals surface area contributed by atoms with Gasteiger partial charge in [-0.2, -0.15) is 0 Å². The number of fused-ring (bicyclic) bond motifs is 3. The van der Waals surface area contributed by atoms with E-state index in [9.17, 15) is 19.5 Å². The summed E-state index contributed by atoms with van der Waals surface area (Å²) in [6.07, 6.45) is 1.96. The quantitative estimate of drug-likeness (QED) is 0.531. The summed E-state index contributed by atoms with van der Waals surface area (Å²) in [5.74, 6) is -2.20. The van der Waals surface area contributed by atoms with E-state index in [0.29, 0.717) is 12.8 Å². The maximum atomic E-state index is 13.0. The van der Waals surface area contributed by atoms with E-state index in [0.717, 1.165) is 35.1 Å². The Balaban J connectivity index is 1.41. The molecular weight excluding hydrogens is 448 g/mol. The highest BCUT2D eigenvalue weighted by molar-refractivity contribution is 5.87. The number of hydrogen-bond acceptors (Lipinski definition) is 5. The van der Waals surface area contributed by atoms with E-state index >= 15 is 0 Å². The van der Waals surface area contributed by atoms with Gasteiger partial charge in [-0.1, -0.05) is 61.4 Å². The molecule has 1 saturated carbocycles. The molecule has 0 aliphatic heterocycles. The summed E-state index contributed by atoms with van der Waals surface area (Å²) in [4.78, 5) is 37.5. The Hall–Kier alpha value is -3.39. The van der Waals surface area contributed by atoms with Crippen molar-refractivity contribution >= 4 is 18.0 Å². The summed E-state index contributed by atoms with van der Waals surface area (Å²) in [6, 6.07) is 15.1. The van der Waals surface area contributed by atoms with Crippen molar-refractivity contribution in [3.63, 3.8) is 0 Å². The van der Waals surface area contributed by atoms with E-state index in [-0.39, 0.29) is 19.1 Å². The molecular formula is C27H32N2O6.